The number of carbonyl (C=O) groups is 2. The van der Waals surface area contributed by atoms with Crippen LogP contribution in [-0.4, -0.2) is 16.6 Å². The predicted molar refractivity (Wildman–Crippen MR) is 60.1 cm³/mol. The van der Waals surface area contributed by atoms with Gasteiger partial charge in [-0.15, -0.1) is 0 Å². The lowest BCUT2D eigenvalue weighted by molar-refractivity contribution is -0.123. The van der Waals surface area contributed by atoms with Gasteiger partial charge < -0.3 is 0 Å². The van der Waals surface area contributed by atoms with E-state index in [-0.39, 0.29) is 11.6 Å². The van der Waals surface area contributed by atoms with Gasteiger partial charge in [-0.2, -0.15) is 0 Å². The molecule has 2 atom stereocenters. The minimum Gasteiger partial charge on any atom is -0.299 e. The highest BCUT2D eigenvalue weighted by molar-refractivity contribution is 6.10. The van der Waals surface area contributed by atoms with Crippen LogP contribution in [0.15, 0.2) is 24.5 Å². The molecule has 84 valence electrons. The Kier molecular flexibility index (Phi) is 3.13. The van der Waals surface area contributed by atoms with Gasteiger partial charge in [0.05, 0.1) is 5.92 Å². The molecule has 0 amide bonds. The molecule has 16 heavy (non-hydrogen) atoms. The van der Waals surface area contributed by atoms with Crippen LogP contribution in [0.25, 0.3) is 0 Å². The van der Waals surface area contributed by atoms with E-state index in [0.29, 0.717) is 24.3 Å². The Labute approximate surface area is 94.9 Å². The summed E-state index contributed by atoms with van der Waals surface area (Å²) in [6, 6.07) is 3.45. The summed E-state index contributed by atoms with van der Waals surface area (Å²) in [5, 5.41) is 0. The molecule has 1 aliphatic rings. The van der Waals surface area contributed by atoms with Crippen molar-refractivity contribution in [1.82, 2.24) is 4.98 Å². The molecule has 0 aromatic carbocycles. The van der Waals surface area contributed by atoms with Gasteiger partial charge in [0.1, 0.15) is 5.78 Å². The summed E-state index contributed by atoms with van der Waals surface area (Å²) in [6.45, 7) is 2.09. The molecule has 1 aliphatic carbocycles. The van der Waals surface area contributed by atoms with Crippen molar-refractivity contribution in [2.24, 2.45) is 11.8 Å². The molecule has 0 bridgehead atoms. The number of hydrogen-bond donors (Lipinski definition) is 0. The third-order valence-electron chi connectivity index (χ3n) is 3.17. The topological polar surface area (TPSA) is 47.0 Å². The summed E-state index contributed by atoms with van der Waals surface area (Å²) in [5.41, 5.74) is 0.551. The van der Waals surface area contributed by atoms with E-state index >= 15 is 0 Å². The Morgan fingerprint density at radius 1 is 1.50 bits per heavy atom. The highest BCUT2D eigenvalue weighted by Gasteiger charge is 2.32. The van der Waals surface area contributed by atoms with E-state index < -0.39 is 5.92 Å². The maximum Gasteiger partial charge on any atom is 0.174 e. The van der Waals surface area contributed by atoms with Crippen LogP contribution in [0.5, 0.6) is 0 Å². The third-order valence-corrected chi connectivity index (χ3v) is 3.17. The van der Waals surface area contributed by atoms with Crippen LogP contribution in [-0.2, 0) is 4.79 Å². The number of rotatable bonds is 2. The summed E-state index contributed by atoms with van der Waals surface area (Å²) >= 11 is 0. The van der Waals surface area contributed by atoms with Crippen LogP contribution in [0.1, 0.15) is 36.5 Å². The highest BCUT2D eigenvalue weighted by atomic mass is 16.1. The first-order valence-electron chi connectivity index (χ1n) is 5.65. The lowest BCUT2D eigenvalue weighted by Crippen LogP contribution is -2.30. The molecule has 0 spiro atoms. The summed E-state index contributed by atoms with van der Waals surface area (Å²) in [4.78, 5) is 27.7. The molecular weight excluding hydrogens is 202 g/mol. The molecule has 1 saturated carbocycles. The second kappa shape index (κ2) is 4.56. The molecule has 1 fully saturated rings. The fourth-order valence-electron chi connectivity index (χ4n) is 2.18. The molecule has 2 unspecified atom stereocenters. The number of pyridine rings is 1. The van der Waals surface area contributed by atoms with Gasteiger partial charge in [-0.3, -0.25) is 14.6 Å². The van der Waals surface area contributed by atoms with E-state index in [1.54, 1.807) is 18.3 Å². The van der Waals surface area contributed by atoms with Crippen molar-refractivity contribution in [3.63, 3.8) is 0 Å². The maximum atomic E-state index is 12.1. The van der Waals surface area contributed by atoms with E-state index in [1.165, 1.54) is 6.20 Å². The third kappa shape index (κ3) is 2.18. The Morgan fingerprint density at radius 2 is 2.31 bits per heavy atom. The summed E-state index contributed by atoms with van der Waals surface area (Å²) in [7, 11) is 0. The molecule has 1 heterocycles. The molecule has 1 aromatic rings. The van der Waals surface area contributed by atoms with Crippen molar-refractivity contribution < 1.29 is 9.59 Å². The molecular formula is C13H15NO2. The van der Waals surface area contributed by atoms with Gasteiger partial charge in [0.25, 0.3) is 0 Å². The Bertz CT molecular complexity index is 400. The fourth-order valence-corrected chi connectivity index (χ4v) is 2.18. The summed E-state index contributed by atoms with van der Waals surface area (Å²) < 4.78 is 0. The van der Waals surface area contributed by atoms with Gasteiger partial charge in [-0.1, -0.05) is 6.92 Å². The van der Waals surface area contributed by atoms with E-state index in [1.807, 2.05) is 0 Å². The monoisotopic (exact) mass is 217 g/mol. The zero-order valence-electron chi connectivity index (χ0n) is 9.35. The van der Waals surface area contributed by atoms with Gasteiger partial charge in [0.15, 0.2) is 5.78 Å². The number of ketones is 2. The average Bonchev–Trinajstić information content (AvgIpc) is 2.32. The van der Waals surface area contributed by atoms with E-state index in [0.717, 1.165) is 6.42 Å². The normalized spacial score (nSPS) is 25.4. The van der Waals surface area contributed by atoms with Crippen LogP contribution in [0, 0.1) is 11.8 Å². The second-order valence-electron chi connectivity index (χ2n) is 4.50. The Balaban J connectivity index is 2.18. The SMILES string of the molecule is CC1CCC(=O)C(C(=O)c2cccnc2)C1. The van der Waals surface area contributed by atoms with Crippen LogP contribution in [0.4, 0.5) is 0 Å². The van der Waals surface area contributed by atoms with Crippen LogP contribution < -0.4 is 0 Å². The number of aromatic nitrogens is 1. The number of nitrogens with zero attached hydrogens (tertiary/aromatic N) is 1. The largest absolute Gasteiger partial charge is 0.299 e. The van der Waals surface area contributed by atoms with Crippen molar-refractivity contribution in [2.75, 3.05) is 0 Å². The lowest BCUT2D eigenvalue weighted by atomic mass is 9.78. The van der Waals surface area contributed by atoms with E-state index in [4.69, 9.17) is 0 Å². The number of carbonyl (C=O) groups excluding carboxylic acids is 2. The molecule has 0 N–H and O–H groups in total. The highest BCUT2D eigenvalue weighted by Crippen LogP contribution is 2.28. The number of hydrogen-bond acceptors (Lipinski definition) is 3. The zero-order valence-corrected chi connectivity index (χ0v) is 9.35. The molecule has 1 aromatic heterocycles. The van der Waals surface area contributed by atoms with Crippen molar-refractivity contribution in [1.29, 1.82) is 0 Å². The predicted octanol–water partition coefficient (Wildman–Crippen LogP) is 2.27. The number of Topliss-reactive ketones (excluding diaryl/α,β-unsaturated/α-hetero) is 2. The Hall–Kier alpha value is -1.51. The van der Waals surface area contributed by atoms with Crippen molar-refractivity contribution in [2.45, 2.75) is 26.2 Å². The molecule has 0 radical (unpaired) electrons. The van der Waals surface area contributed by atoms with Gasteiger partial charge in [-0.05, 0) is 30.9 Å². The molecule has 0 saturated heterocycles. The fraction of sp³-hybridized carbons (Fsp3) is 0.462. The van der Waals surface area contributed by atoms with Crippen LogP contribution >= 0.6 is 0 Å². The smallest absolute Gasteiger partial charge is 0.174 e. The van der Waals surface area contributed by atoms with Gasteiger partial charge in [-0.25, -0.2) is 0 Å². The standard InChI is InChI=1S/C13H15NO2/c1-9-4-5-12(15)11(7-9)13(16)10-3-2-6-14-8-10/h2-3,6,8-9,11H,4-5,7H2,1H3. The van der Waals surface area contributed by atoms with Gasteiger partial charge in [0.2, 0.25) is 0 Å². The van der Waals surface area contributed by atoms with Crippen LogP contribution in [0.3, 0.4) is 0 Å². The summed E-state index contributed by atoms with van der Waals surface area (Å²) in [5.74, 6) is 0.0490. The minimum absolute atomic E-state index is 0.0651. The molecule has 2 rings (SSSR count). The van der Waals surface area contributed by atoms with E-state index in [2.05, 4.69) is 11.9 Å². The van der Waals surface area contributed by atoms with E-state index in [9.17, 15) is 9.59 Å². The quantitative estimate of drug-likeness (QED) is 0.564. The van der Waals surface area contributed by atoms with Crippen molar-refractivity contribution in [3.8, 4) is 0 Å². The van der Waals surface area contributed by atoms with Crippen LogP contribution in [0.2, 0.25) is 0 Å². The van der Waals surface area contributed by atoms with Crippen molar-refractivity contribution >= 4 is 11.6 Å². The average molecular weight is 217 g/mol. The second-order valence-corrected chi connectivity index (χ2v) is 4.50. The van der Waals surface area contributed by atoms with Gasteiger partial charge in [0, 0.05) is 24.4 Å². The molecule has 0 aliphatic heterocycles. The zero-order chi connectivity index (χ0) is 11.5. The maximum absolute atomic E-state index is 12.1. The summed E-state index contributed by atoms with van der Waals surface area (Å²) in [6.07, 6.45) is 5.30. The first-order chi connectivity index (χ1) is 7.68. The molecule has 3 nitrogen and oxygen atoms in total. The molecule has 3 heteroatoms. The Morgan fingerprint density at radius 3 is 3.00 bits per heavy atom. The first kappa shape index (κ1) is 11.0. The first-order valence-corrected chi connectivity index (χ1v) is 5.65. The van der Waals surface area contributed by atoms with Crippen molar-refractivity contribution in [3.05, 3.63) is 30.1 Å². The van der Waals surface area contributed by atoms with Gasteiger partial charge >= 0.3 is 0 Å². The lowest BCUT2D eigenvalue weighted by Gasteiger charge is -2.24. The minimum atomic E-state index is -0.437.